The van der Waals surface area contributed by atoms with E-state index in [1.165, 1.54) is 6.92 Å². The predicted octanol–water partition coefficient (Wildman–Crippen LogP) is 1.29. The molecule has 150 valence electrons. The number of aliphatic hydroxyl groups is 1. The van der Waals surface area contributed by atoms with Gasteiger partial charge >= 0.3 is 0 Å². The van der Waals surface area contributed by atoms with E-state index in [1.54, 1.807) is 42.5 Å². The lowest BCUT2D eigenvalue weighted by Crippen LogP contribution is -2.48. The van der Waals surface area contributed by atoms with Gasteiger partial charge < -0.3 is 19.9 Å². The van der Waals surface area contributed by atoms with Gasteiger partial charge in [-0.2, -0.15) is 0 Å². The maximum absolute atomic E-state index is 12.5. The van der Waals surface area contributed by atoms with Crippen molar-refractivity contribution in [1.29, 1.82) is 0 Å². The number of nitrogens with zero attached hydrogens (tertiary/aromatic N) is 1. The molecule has 0 bridgehead atoms. The molecule has 2 aromatic rings. The van der Waals surface area contributed by atoms with Crippen LogP contribution in [-0.4, -0.2) is 53.5 Å². The lowest BCUT2D eigenvalue weighted by Gasteiger charge is -2.23. The molecule has 0 aliphatic carbocycles. The lowest BCUT2D eigenvalue weighted by molar-refractivity contribution is -0.125. The fourth-order valence-corrected chi connectivity index (χ4v) is 3.41. The first kappa shape index (κ1) is 18.9. The molecular weight excluding hydrogens is 376 g/mol. The average Bonchev–Trinajstić information content (AvgIpc) is 3.01. The highest BCUT2D eigenvalue weighted by atomic mass is 16.6. The quantitative estimate of drug-likeness (QED) is 0.738. The number of aliphatic hydroxyl groups excluding tert-OH is 1. The van der Waals surface area contributed by atoms with Crippen LogP contribution in [0.1, 0.15) is 39.3 Å². The minimum absolute atomic E-state index is 0.0774. The van der Waals surface area contributed by atoms with Crippen molar-refractivity contribution in [2.75, 3.05) is 19.8 Å². The predicted molar refractivity (Wildman–Crippen MR) is 102 cm³/mol. The van der Waals surface area contributed by atoms with Crippen molar-refractivity contribution in [1.82, 2.24) is 10.2 Å². The van der Waals surface area contributed by atoms with Crippen LogP contribution in [0.3, 0.4) is 0 Å². The number of benzene rings is 2. The van der Waals surface area contributed by atoms with Crippen molar-refractivity contribution in [3.05, 3.63) is 59.2 Å². The van der Waals surface area contributed by atoms with Gasteiger partial charge in [0.25, 0.3) is 11.8 Å². The largest absolute Gasteiger partial charge is 0.486 e. The van der Waals surface area contributed by atoms with Crippen molar-refractivity contribution in [3.8, 4) is 11.5 Å². The summed E-state index contributed by atoms with van der Waals surface area (Å²) >= 11 is 0. The number of hydrogen-bond acceptors (Lipinski definition) is 6. The van der Waals surface area contributed by atoms with Gasteiger partial charge in [0.1, 0.15) is 19.3 Å². The Hall–Kier alpha value is -3.39. The Balaban J connectivity index is 1.40. The maximum atomic E-state index is 12.5. The van der Waals surface area contributed by atoms with E-state index in [9.17, 15) is 19.5 Å². The van der Waals surface area contributed by atoms with Crippen molar-refractivity contribution in [3.63, 3.8) is 0 Å². The van der Waals surface area contributed by atoms with Gasteiger partial charge in [-0.1, -0.05) is 18.2 Å². The van der Waals surface area contributed by atoms with Gasteiger partial charge in [0.2, 0.25) is 5.91 Å². The number of fused-ring (bicyclic) bond motifs is 2. The Morgan fingerprint density at radius 1 is 1.07 bits per heavy atom. The molecule has 8 heteroatoms. The Kier molecular flexibility index (Phi) is 4.94. The first-order valence-corrected chi connectivity index (χ1v) is 9.29. The number of amides is 3. The zero-order valence-corrected chi connectivity index (χ0v) is 15.8. The second-order valence-corrected chi connectivity index (χ2v) is 6.87. The molecule has 0 fully saturated rings. The molecule has 0 saturated heterocycles. The van der Waals surface area contributed by atoms with Crippen LogP contribution in [0.2, 0.25) is 0 Å². The summed E-state index contributed by atoms with van der Waals surface area (Å²) in [5, 5.41) is 13.0. The normalized spacial score (nSPS) is 17.0. The molecule has 2 N–H and O–H groups in total. The van der Waals surface area contributed by atoms with Gasteiger partial charge in [-0.25, -0.2) is 0 Å². The maximum Gasteiger partial charge on any atom is 0.262 e. The summed E-state index contributed by atoms with van der Waals surface area (Å²) in [5.41, 5.74) is 1.13. The van der Waals surface area contributed by atoms with Crippen LogP contribution < -0.4 is 14.8 Å². The summed E-state index contributed by atoms with van der Waals surface area (Å²) in [6.45, 7) is 2.31. The molecule has 2 aliphatic heterocycles. The first-order valence-electron chi connectivity index (χ1n) is 9.29. The summed E-state index contributed by atoms with van der Waals surface area (Å²) in [5.74, 6) is -0.383. The van der Waals surface area contributed by atoms with Gasteiger partial charge in [0.05, 0.1) is 17.2 Å². The summed E-state index contributed by atoms with van der Waals surface area (Å²) in [6.07, 6.45) is -0.982. The van der Waals surface area contributed by atoms with Crippen molar-refractivity contribution in [2.45, 2.75) is 19.1 Å². The third kappa shape index (κ3) is 3.42. The smallest absolute Gasteiger partial charge is 0.262 e. The van der Waals surface area contributed by atoms with Crippen molar-refractivity contribution < 1.29 is 29.0 Å². The highest BCUT2D eigenvalue weighted by Crippen LogP contribution is 2.32. The molecule has 0 saturated carbocycles. The molecule has 0 radical (unpaired) electrons. The zero-order valence-electron chi connectivity index (χ0n) is 15.8. The molecule has 2 aliphatic rings. The summed E-state index contributed by atoms with van der Waals surface area (Å²) in [6, 6.07) is 10.5. The fraction of sp³-hybridized carbons (Fsp3) is 0.286. The molecule has 2 heterocycles. The van der Waals surface area contributed by atoms with E-state index in [0.717, 1.165) is 4.90 Å². The van der Waals surface area contributed by atoms with Crippen molar-refractivity contribution in [2.24, 2.45) is 0 Å². The number of rotatable bonds is 5. The monoisotopic (exact) mass is 396 g/mol. The summed E-state index contributed by atoms with van der Waals surface area (Å²) in [7, 11) is 0. The summed E-state index contributed by atoms with van der Waals surface area (Å²) < 4.78 is 10.9. The van der Waals surface area contributed by atoms with E-state index in [4.69, 9.17) is 9.47 Å². The Bertz CT molecular complexity index is 954. The molecule has 4 rings (SSSR count). The van der Waals surface area contributed by atoms with E-state index in [-0.39, 0.29) is 17.7 Å². The van der Waals surface area contributed by atoms with Crippen LogP contribution in [0.4, 0.5) is 0 Å². The third-order valence-electron chi connectivity index (χ3n) is 5.01. The van der Waals surface area contributed by atoms with Crippen LogP contribution in [-0.2, 0) is 4.79 Å². The minimum atomic E-state index is -1.00. The van der Waals surface area contributed by atoms with E-state index < -0.39 is 29.9 Å². The highest BCUT2D eigenvalue weighted by Gasteiger charge is 2.40. The van der Waals surface area contributed by atoms with E-state index in [1.807, 2.05) is 0 Å². The number of carbonyl (C=O) groups is 3. The molecule has 29 heavy (non-hydrogen) atoms. The molecule has 2 aromatic carbocycles. The van der Waals surface area contributed by atoms with Crippen LogP contribution in [0.5, 0.6) is 11.5 Å². The van der Waals surface area contributed by atoms with Crippen LogP contribution >= 0.6 is 0 Å². The van der Waals surface area contributed by atoms with Gasteiger partial charge in [-0.3, -0.25) is 19.3 Å². The number of nitrogens with one attached hydrogen (secondary N) is 1. The Morgan fingerprint density at radius 3 is 2.34 bits per heavy atom. The van der Waals surface area contributed by atoms with Gasteiger partial charge in [-0.15, -0.1) is 0 Å². The van der Waals surface area contributed by atoms with Gasteiger partial charge in [0, 0.05) is 6.54 Å². The Morgan fingerprint density at radius 2 is 1.69 bits per heavy atom. The molecule has 2 atom stereocenters. The fourth-order valence-electron chi connectivity index (χ4n) is 3.41. The zero-order chi connectivity index (χ0) is 20.5. The van der Waals surface area contributed by atoms with Crippen LogP contribution in [0.25, 0.3) is 0 Å². The molecule has 2 unspecified atom stereocenters. The number of ether oxygens (including phenoxy) is 2. The van der Waals surface area contributed by atoms with Crippen LogP contribution in [0.15, 0.2) is 42.5 Å². The average molecular weight is 396 g/mol. The van der Waals surface area contributed by atoms with Gasteiger partial charge in [-0.05, 0) is 36.8 Å². The minimum Gasteiger partial charge on any atom is -0.486 e. The second kappa shape index (κ2) is 7.56. The topological polar surface area (TPSA) is 105 Å². The van der Waals surface area contributed by atoms with Crippen LogP contribution in [0, 0.1) is 0 Å². The SMILES string of the molecule is CC(C(=O)NCC(O)c1ccc2c(c1)OCCO2)N1C(=O)c2ccccc2C1=O. The Labute approximate surface area is 167 Å². The highest BCUT2D eigenvalue weighted by molar-refractivity contribution is 6.22. The third-order valence-corrected chi connectivity index (χ3v) is 5.01. The standard InChI is InChI=1S/C21H20N2O6/c1-12(23-20(26)14-4-2-3-5-15(14)21(23)27)19(25)22-11-16(24)13-6-7-17-18(10-13)29-9-8-28-17/h2-7,10,12,16,24H,8-9,11H2,1H3,(H,22,25). The molecule has 0 aromatic heterocycles. The second-order valence-electron chi connectivity index (χ2n) is 6.87. The van der Waals surface area contributed by atoms with E-state index in [2.05, 4.69) is 5.32 Å². The first-order chi connectivity index (χ1) is 14.0. The molecule has 0 spiro atoms. The molecule has 3 amide bonds. The molecule has 8 nitrogen and oxygen atoms in total. The number of carbonyl (C=O) groups excluding carboxylic acids is 3. The van der Waals surface area contributed by atoms with E-state index >= 15 is 0 Å². The number of imide groups is 1. The lowest BCUT2D eigenvalue weighted by atomic mass is 10.1. The number of hydrogen-bond donors (Lipinski definition) is 2. The van der Waals surface area contributed by atoms with E-state index in [0.29, 0.717) is 30.3 Å². The summed E-state index contributed by atoms with van der Waals surface area (Å²) in [4.78, 5) is 38.5. The van der Waals surface area contributed by atoms with Gasteiger partial charge in [0.15, 0.2) is 11.5 Å². The van der Waals surface area contributed by atoms with Crippen molar-refractivity contribution >= 4 is 17.7 Å². The molecular formula is C21H20N2O6.